The maximum atomic E-state index is 12.4. The number of para-hydroxylation sites is 1. The van der Waals surface area contributed by atoms with E-state index in [1.165, 1.54) is 12.1 Å². The Morgan fingerprint density at radius 1 is 1.36 bits per heavy atom. The summed E-state index contributed by atoms with van der Waals surface area (Å²) in [5, 5.41) is 2.64. The fourth-order valence-electron chi connectivity index (χ4n) is 2.64. The number of rotatable bonds is 7. The van der Waals surface area contributed by atoms with E-state index in [9.17, 15) is 13.6 Å². The summed E-state index contributed by atoms with van der Waals surface area (Å²) >= 11 is 0. The number of carbonyl (C=O) groups excluding carboxylic acids is 1. The van der Waals surface area contributed by atoms with Gasteiger partial charge >= 0.3 is 6.61 Å². The van der Waals surface area contributed by atoms with Crippen LogP contribution in [-0.4, -0.2) is 12.5 Å². The number of hydrogen-bond donors (Lipinski definition) is 1. The molecular weight excluding hydrogens is 328 g/mol. The number of carbonyl (C=O) groups is 1. The molecule has 1 N–H and O–H groups in total. The van der Waals surface area contributed by atoms with E-state index in [-0.39, 0.29) is 18.2 Å². The predicted octanol–water partition coefficient (Wildman–Crippen LogP) is 4.33. The summed E-state index contributed by atoms with van der Waals surface area (Å²) in [5.41, 5.74) is 0.479. The normalized spacial score (nSPS) is 19.4. The zero-order valence-corrected chi connectivity index (χ0v) is 13.7. The highest BCUT2D eigenvalue weighted by molar-refractivity contribution is 5.91. The van der Waals surface area contributed by atoms with Crippen LogP contribution in [0, 0.1) is 5.92 Å². The Hall–Kier alpha value is -2.63. The van der Waals surface area contributed by atoms with Crippen molar-refractivity contribution in [2.24, 2.45) is 5.92 Å². The summed E-state index contributed by atoms with van der Waals surface area (Å²) in [5.74, 6) is 2.42. The first-order valence-electron chi connectivity index (χ1n) is 8.11. The third kappa shape index (κ3) is 4.68. The molecule has 6 heteroatoms. The SMILES string of the molecule is C[C@@H]1C[C@H]1c1ccc(/C=C/C(=O)NCc2ccccc2OC(F)F)o1. The number of ether oxygens (including phenoxy) is 1. The van der Waals surface area contributed by atoms with E-state index < -0.39 is 6.61 Å². The van der Waals surface area contributed by atoms with Crippen molar-refractivity contribution in [1.82, 2.24) is 5.32 Å². The third-order valence-corrected chi connectivity index (χ3v) is 4.16. The van der Waals surface area contributed by atoms with Gasteiger partial charge in [0.05, 0.1) is 0 Å². The molecule has 1 amide bonds. The van der Waals surface area contributed by atoms with Crippen molar-refractivity contribution in [2.45, 2.75) is 32.4 Å². The summed E-state index contributed by atoms with van der Waals surface area (Å²) in [6, 6.07) is 10.1. The predicted molar refractivity (Wildman–Crippen MR) is 89.2 cm³/mol. The van der Waals surface area contributed by atoms with Crippen LogP contribution in [-0.2, 0) is 11.3 Å². The smallest absolute Gasteiger partial charge is 0.387 e. The summed E-state index contributed by atoms with van der Waals surface area (Å²) in [7, 11) is 0. The van der Waals surface area contributed by atoms with Gasteiger partial charge in [0.25, 0.3) is 0 Å². The summed E-state index contributed by atoms with van der Waals surface area (Å²) < 4.78 is 34.8. The molecule has 0 radical (unpaired) electrons. The summed E-state index contributed by atoms with van der Waals surface area (Å²) in [6.07, 6.45) is 4.08. The first-order chi connectivity index (χ1) is 12.0. The van der Waals surface area contributed by atoms with Gasteiger partial charge in [0, 0.05) is 24.1 Å². The van der Waals surface area contributed by atoms with Gasteiger partial charge < -0.3 is 14.5 Å². The second kappa shape index (κ2) is 7.51. The maximum absolute atomic E-state index is 12.4. The molecule has 1 aliphatic rings. The minimum absolute atomic E-state index is 0.0519. The van der Waals surface area contributed by atoms with Crippen LogP contribution >= 0.6 is 0 Å². The molecule has 1 aromatic carbocycles. The van der Waals surface area contributed by atoms with Gasteiger partial charge in [-0.25, -0.2) is 0 Å². The number of amides is 1. The van der Waals surface area contributed by atoms with Gasteiger partial charge in [-0.2, -0.15) is 8.78 Å². The van der Waals surface area contributed by atoms with E-state index in [1.807, 2.05) is 12.1 Å². The molecule has 132 valence electrons. The second-order valence-corrected chi connectivity index (χ2v) is 6.10. The highest BCUT2D eigenvalue weighted by Gasteiger charge is 2.36. The van der Waals surface area contributed by atoms with E-state index in [1.54, 1.807) is 24.3 Å². The van der Waals surface area contributed by atoms with Gasteiger partial charge in [-0.3, -0.25) is 4.79 Å². The maximum Gasteiger partial charge on any atom is 0.387 e. The van der Waals surface area contributed by atoms with Crippen molar-refractivity contribution in [3.05, 3.63) is 59.6 Å². The fourth-order valence-corrected chi connectivity index (χ4v) is 2.64. The van der Waals surface area contributed by atoms with Gasteiger partial charge in [0.15, 0.2) is 0 Å². The molecule has 0 aliphatic heterocycles. The van der Waals surface area contributed by atoms with Crippen LogP contribution in [0.2, 0.25) is 0 Å². The Morgan fingerprint density at radius 3 is 2.84 bits per heavy atom. The van der Waals surface area contributed by atoms with Gasteiger partial charge in [0.1, 0.15) is 17.3 Å². The number of halogens is 2. The van der Waals surface area contributed by atoms with Gasteiger partial charge in [-0.05, 0) is 36.6 Å². The summed E-state index contributed by atoms with van der Waals surface area (Å²) in [6.45, 7) is -0.639. The highest BCUT2D eigenvalue weighted by atomic mass is 19.3. The average molecular weight is 347 g/mol. The van der Waals surface area contributed by atoms with Crippen LogP contribution in [0.5, 0.6) is 5.75 Å². The van der Waals surface area contributed by atoms with Gasteiger partial charge in [-0.15, -0.1) is 0 Å². The molecule has 1 heterocycles. The van der Waals surface area contributed by atoms with Crippen molar-refractivity contribution < 1.29 is 22.7 Å². The molecule has 2 aromatic rings. The Labute approximate surface area is 144 Å². The Kier molecular flexibility index (Phi) is 5.16. The quantitative estimate of drug-likeness (QED) is 0.758. The number of hydrogen-bond acceptors (Lipinski definition) is 3. The number of nitrogens with one attached hydrogen (secondary N) is 1. The molecule has 4 nitrogen and oxygen atoms in total. The van der Waals surface area contributed by atoms with Crippen LogP contribution in [0.1, 0.15) is 36.3 Å². The van der Waals surface area contributed by atoms with Crippen LogP contribution in [0.25, 0.3) is 6.08 Å². The van der Waals surface area contributed by atoms with Crippen LogP contribution in [0.3, 0.4) is 0 Å². The largest absolute Gasteiger partial charge is 0.461 e. The topological polar surface area (TPSA) is 51.5 Å². The molecule has 0 bridgehead atoms. The van der Waals surface area contributed by atoms with Crippen LogP contribution in [0.15, 0.2) is 46.9 Å². The average Bonchev–Trinajstić information content (AvgIpc) is 3.12. The second-order valence-electron chi connectivity index (χ2n) is 6.10. The zero-order chi connectivity index (χ0) is 17.8. The Morgan fingerprint density at radius 2 is 2.12 bits per heavy atom. The first kappa shape index (κ1) is 17.2. The zero-order valence-electron chi connectivity index (χ0n) is 13.7. The molecule has 1 aliphatic carbocycles. The number of alkyl halides is 2. The fraction of sp³-hybridized carbons (Fsp3) is 0.316. The van der Waals surface area contributed by atoms with Crippen molar-refractivity contribution in [3.63, 3.8) is 0 Å². The molecule has 2 atom stereocenters. The molecule has 3 rings (SSSR count). The monoisotopic (exact) mass is 347 g/mol. The van der Waals surface area contributed by atoms with Crippen molar-refractivity contribution in [3.8, 4) is 5.75 Å². The molecule has 0 saturated heterocycles. The van der Waals surface area contributed by atoms with E-state index in [0.29, 0.717) is 23.2 Å². The molecule has 1 saturated carbocycles. The van der Waals surface area contributed by atoms with Crippen molar-refractivity contribution in [2.75, 3.05) is 0 Å². The highest BCUT2D eigenvalue weighted by Crippen LogP contribution is 2.47. The van der Waals surface area contributed by atoms with Crippen LogP contribution in [0.4, 0.5) is 8.78 Å². The molecule has 0 unspecified atom stereocenters. The lowest BCUT2D eigenvalue weighted by molar-refractivity contribution is -0.116. The van der Waals surface area contributed by atoms with E-state index in [0.717, 1.165) is 12.2 Å². The van der Waals surface area contributed by atoms with E-state index in [4.69, 9.17) is 4.42 Å². The summed E-state index contributed by atoms with van der Waals surface area (Å²) in [4.78, 5) is 11.9. The molecule has 0 spiro atoms. The standard InChI is InChI=1S/C19H19F2NO3/c1-12-10-15(12)17-8-6-14(24-17)7-9-18(23)22-11-13-4-2-3-5-16(13)25-19(20)21/h2-9,12,15,19H,10-11H2,1H3,(H,22,23)/b9-7+/t12-,15-/m1/s1. The van der Waals surface area contributed by atoms with E-state index >= 15 is 0 Å². The van der Waals surface area contributed by atoms with Gasteiger partial charge in [0.2, 0.25) is 5.91 Å². The van der Waals surface area contributed by atoms with Crippen molar-refractivity contribution >= 4 is 12.0 Å². The number of furan rings is 1. The minimum Gasteiger partial charge on any atom is -0.461 e. The Balaban J connectivity index is 1.53. The lowest BCUT2D eigenvalue weighted by Gasteiger charge is -2.10. The lowest BCUT2D eigenvalue weighted by Crippen LogP contribution is -2.21. The third-order valence-electron chi connectivity index (χ3n) is 4.16. The lowest BCUT2D eigenvalue weighted by atomic mass is 10.2. The molecule has 25 heavy (non-hydrogen) atoms. The molecule has 1 fully saturated rings. The van der Waals surface area contributed by atoms with Gasteiger partial charge in [-0.1, -0.05) is 25.1 Å². The van der Waals surface area contributed by atoms with Crippen LogP contribution < -0.4 is 10.1 Å². The number of benzene rings is 1. The van der Waals surface area contributed by atoms with Crippen molar-refractivity contribution in [1.29, 1.82) is 0 Å². The first-order valence-corrected chi connectivity index (χ1v) is 8.11. The molecular formula is C19H19F2NO3. The van der Waals surface area contributed by atoms with E-state index in [2.05, 4.69) is 17.0 Å². The Bertz CT molecular complexity index is 770. The molecule has 1 aromatic heterocycles. The minimum atomic E-state index is -2.90.